The summed E-state index contributed by atoms with van der Waals surface area (Å²) in [7, 11) is 4.06. The maximum absolute atomic E-state index is 3.03. The van der Waals surface area contributed by atoms with Crippen LogP contribution in [-0.4, -0.2) is 20.8 Å². The van der Waals surface area contributed by atoms with Crippen LogP contribution in [0.5, 0.6) is 0 Å². The molecule has 0 aromatic carbocycles. The minimum absolute atomic E-state index is 0.634. The van der Waals surface area contributed by atoms with E-state index in [1.54, 1.807) is 0 Å². The first-order chi connectivity index (χ1) is 2.27. The molecule has 0 unspecified atom stereocenters. The molecule has 0 bridgehead atoms. The highest BCUT2D eigenvalue weighted by Crippen LogP contribution is 1.58. The molecule has 1 N–H and O–H groups in total. The summed E-state index contributed by atoms with van der Waals surface area (Å²) in [5, 5.41) is 3.03. The van der Waals surface area contributed by atoms with Gasteiger partial charge in [0, 0.05) is 0 Å². The highest BCUT2D eigenvalue weighted by Gasteiger charge is 1.78. The molecule has 0 aliphatic carbocycles. The molecule has 0 aliphatic rings. The van der Waals surface area contributed by atoms with Gasteiger partial charge in [0.25, 0.3) is 0 Å². The van der Waals surface area contributed by atoms with Gasteiger partial charge < -0.3 is 5.32 Å². The van der Waals surface area contributed by atoms with Crippen molar-refractivity contribution in [2.75, 3.05) is 7.05 Å². The minimum Gasteiger partial charge on any atom is -0.325 e. The van der Waals surface area contributed by atoms with Crippen LogP contribution in [0.1, 0.15) is 6.92 Å². The van der Waals surface area contributed by atoms with E-state index < -0.39 is 0 Å². The van der Waals surface area contributed by atoms with E-state index in [2.05, 4.69) is 20.1 Å². The second-order valence-corrected chi connectivity index (χ2v) is 1.44. The maximum Gasteiger partial charge on any atom is 0.123 e. The van der Waals surface area contributed by atoms with E-state index in [1.807, 2.05) is 7.05 Å². The van der Waals surface area contributed by atoms with Crippen molar-refractivity contribution in [2.24, 2.45) is 0 Å². The Labute approximate surface area is 34.2 Å². The zero-order chi connectivity index (χ0) is 4.28. The molecule has 0 aromatic rings. The second-order valence-electron chi connectivity index (χ2n) is 1.44. The van der Waals surface area contributed by atoms with Crippen LogP contribution >= 0.6 is 0 Å². The topological polar surface area (TPSA) is 12.0 Å². The summed E-state index contributed by atoms with van der Waals surface area (Å²) >= 11 is 0. The van der Waals surface area contributed by atoms with Gasteiger partial charge in [0.1, 0.15) is 7.85 Å². The van der Waals surface area contributed by atoms with Crippen LogP contribution in [0.25, 0.3) is 0 Å². The Kier molecular flexibility index (Phi) is 2.28. The van der Waals surface area contributed by atoms with Crippen LogP contribution in [0.2, 0.25) is 0 Å². The first kappa shape index (κ1) is 5.02. The predicted molar refractivity (Wildman–Crippen MR) is 27.1 cm³/mol. The number of rotatable bonds is 1. The summed E-state index contributed by atoms with van der Waals surface area (Å²) in [4.78, 5) is 0. The fourth-order valence-electron chi connectivity index (χ4n) is 0. The van der Waals surface area contributed by atoms with Crippen molar-refractivity contribution >= 4 is 7.85 Å². The van der Waals surface area contributed by atoms with Crippen molar-refractivity contribution in [2.45, 2.75) is 12.9 Å². The average Bonchev–Trinajstić information content (AvgIpc) is 1.38. The second kappa shape index (κ2) is 2.27. The summed E-state index contributed by atoms with van der Waals surface area (Å²) in [6.07, 6.45) is 0. The van der Waals surface area contributed by atoms with E-state index in [4.69, 9.17) is 0 Å². The summed E-state index contributed by atoms with van der Waals surface area (Å²) in [5.74, 6) is 0.634. The van der Waals surface area contributed by atoms with Gasteiger partial charge in [-0.25, -0.2) is 0 Å². The molecule has 0 aromatic heterocycles. The standard InChI is InChI=1S/C3H10BN/c1-3(4)5-2/h3,5H,4H2,1-2H3/t3-/m0/s1. The van der Waals surface area contributed by atoms with E-state index in [0.29, 0.717) is 5.94 Å². The van der Waals surface area contributed by atoms with Crippen molar-refractivity contribution in [1.29, 1.82) is 0 Å². The van der Waals surface area contributed by atoms with Gasteiger partial charge in [0.15, 0.2) is 0 Å². The summed E-state index contributed by atoms with van der Waals surface area (Å²) < 4.78 is 0. The molecule has 0 rings (SSSR count). The lowest BCUT2D eigenvalue weighted by Crippen LogP contribution is -2.20. The normalized spacial score (nSPS) is 14.8. The monoisotopic (exact) mass is 71.1 g/mol. The third kappa shape index (κ3) is 4.02. The highest BCUT2D eigenvalue weighted by atomic mass is 14.8. The van der Waals surface area contributed by atoms with Crippen LogP contribution in [0.3, 0.4) is 0 Å². The first-order valence-electron chi connectivity index (χ1n) is 1.94. The van der Waals surface area contributed by atoms with Crippen LogP contribution < -0.4 is 5.32 Å². The Bertz CT molecular complexity index is 20.9. The van der Waals surface area contributed by atoms with Crippen molar-refractivity contribution in [3.8, 4) is 0 Å². The Balaban J connectivity index is 2.54. The van der Waals surface area contributed by atoms with Gasteiger partial charge in [-0.3, -0.25) is 0 Å². The zero-order valence-electron chi connectivity index (χ0n) is 4.08. The summed E-state index contributed by atoms with van der Waals surface area (Å²) in [5.41, 5.74) is 0. The molecule has 0 saturated heterocycles. The predicted octanol–water partition coefficient (Wildman–Crippen LogP) is -0.815. The van der Waals surface area contributed by atoms with E-state index in [9.17, 15) is 0 Å². The molecule has 1 atom stereocenters. The van der Waals surface area contributed by atoms with E-state index in [-0.39, 0.29) is 0 Å². The summed E-state index contributed by atoms with van der Waals surface area (Å²) in [6, 6.07) is 0. The Morgan fingerprint density at radius 2 is 2.00 bits per heavy atom. The van der Waals surface area contributed by atoms with Gasteiger partial charge in [0.05, 0.1) is 0 Å². The lowest BCUT2D eigenvalue weighted by molar-refractivity contribution is 0.794. The van der Waals surface area contributed by atoms with Gasteiger partial charge in [-0.2, -0.15) is 0 Å². The number of hydrogen-bond acceptors (Lipinski definition) is 1. The van der Waals surface area contributed by atoms with E-state index >= 15 is 0 Å². The molecule has 5 heavy (non-hydrogen) atoms. The smallest absolute Gasteiger partial charge is 0.123 e. The van der Waals surface area contributed by atoms with Crippen LogP contribution in [0, 0.1) is 0 Å². The van der Waals surface area contributed by atoms with Gasteiger partial charge in [-0.15, -0.1) is 0 Å². The molecule has 30 valence electrons. The average molecular weight is 70.9 g/mol. The summed E-state index contributed by atoms with van der Waals surface area (Å²) in [6.45, 7) is 2.11. The largest absolute Gasteiger partial charge is 0.325 e. The fraction of sp³-hybridized carbons (Fsp3) is 1.00. The number of hydrogen-bond donors (Lipinski definition) is 1. The van der Waals surface area contributed by atoms with Gasteiger partial charge in [-0.05, 0) is 13.0 Å². The van der Waals surface area contributed by atoms with Crippen molar-refractivity contribution in [3.63, 3.8) is 0 Å². The van der Waals surface area contributed by atoms with Gasteiger partial charge in [0.2, 0.25) is 0 Å². The molecule has 2 heteroatoms. The first-order valence-corrected chi connectivity index (χ1v) is 1.94. The molecule has 0 radical (unpaired) electrons. The molecule has 0 heterocycles. The molecule has 0 spiro atoms. The quantitative estimate of drug-likeness (QED) is 0.398. The molecule has 0 aliphatic heterocycles. The third-order valence-electron chi connectivity index (χ3n) is 0.577. The van der Waals surface area contributed by atoms with Crippen LogP contribution in [0.4, 0.5) is 0 Å². The van der Waals surface area contributed by atoms with E-state index in [0.717, 1.165) is 0 Å². The molecule has 0 saturated carbocycles. The Morgan fingerprint density at radius 3 is 2.00 bits per heavy atom. The van der Waals surface area contributed by atoms with Crippen LogP contribution in [-0.2, 0) is 0 Å². The van der Waals surface area contributed by atoms with Crippen LogP contribution in [0.15, 0.2) is 0 Å². The SMILES string of the molecule is B[C@H](C)NC. The minimum atomic E-state index is 0.634. The zero-order valence-corrected chi connectivity index (χ0v) is 4.08. The van der Waals surface area contributed by atoms with Crippen molar-refractivity contribution in [3.05, 3.63) is 0 Å². The van der Waals surface area contributed by atoms with Gasteiger partial charge >= 0.3 is 0 Å². The lowest BCUT2D eigenvalue weighted by atomic mass is 10.00. The molecular formula is C3H10BN. The Hall–Kier alpha value is 0.0249. The molecule has 0 fully saturated rings. The third-order valence-corrected chi connectivity index (χ3v) is 0.577. The molecule has 1 nitrogen and oxygen atoms in total. The fourth-order valence-corrected chi connectivity index (χ4v) is 0. The van der Waals surface area contributed by atoms with E-state index in [1.165, 1.54) is 0 Å². The van der Waals surface area contributed by atoms with Crippen molar-refractivity contribution in [1.82, 2.24) is 5.32 Å². The number of nitrogens with one attached hydrogen (secondary N) is 1. The highest BCUT2D eigenvalue weighted by molar-refractivity contribution is 6.11. The Morgan fingerprint density at radius 1 is 1.80 bits per heavy atom. The molecular weight excluding hydrogens is 60.9 g/mol. The van der Waals surface area contributed by atoms with Gasteiger partial charge in [-0.1, -0.05) is 6.92 Å². The maximum atomic E-state index is 3.03. The lowest BCUT2D eigenvalue weighted by Gasteiger charge is -1.95. The molecule has 0 amide bonds. The van der Waals surface area contributed by atoms with Crippen molar-refractivity contribution < 1.29 is 0 Å².